The molecular formula is C25H15N. The van der Waals surface area contributed by atoms with E-state index in [1.807, 2.05) is 18.2 Å². The molecule has 4 aromatic carbocycles. The predicted molar refractivity (Wildman–Crippen MR) is 106 cm³/mol. The first-order valence-electron chi connectivity index (χ1n) is 8.70. The third-order valence-electron chi connectivity index (χ3n) is 5.11. The Morgan fingerprint density at radius 1 is 0.423 bits per heavy atom. The van der Waals surface area contributed by atoms with Gasteiger partial charge >= 0.3 is 0 Å². The smallest absolute Gasteiger partial charge is 0.0998 e. The zero-order chi connectivity index (χ0) is 17.5. The summed E-state index contributed by atoms with van der Waals surface area (Å²) in [7, 11) is 0. The summed E-state index contributed by atoms with van der Waals surface area (Å²) in [5, 5.41) is 9.77. The van der Waals surface area contributed by atoms with Gasteiger partial charge in [-0.1, -0.05) is 84.9 Å². The summed E-state index contributed by atoms with van der Waals surface area (Å²) in [6.07, 6.45) is 0. The quantitative estimate of drug-likeness (QED) is 0.316. The number of fused-ring (bicyclic) bond motifs is 8. The maximum atomic E-state index is 9.77. The Morgan fingerprint density at radius 2 is 0.808 bits per heavy atom. The van der Waals surface area contributed by atoms with Crippen molar-refractivity contribution in [1.29, 1.82) is 5.26 Å². The molecule has 4 aromatic rings. The lowest BCUT2D eigenvalue weighted by Crippen LogP contribution is -1.98. The first-order chi connectivity index (χ1) is 12.9. The summed E-state index contributed by atoms with van der Waals surface area (Å²) in [6, 6.07) is 33.8. The zero-order valence-corrected chi connectivity index (χ0v) is 14.1. The van der Waals surface area contributed by atoms with Gasteiger partial charge in [-0.05, 0) is 45.0 Å². The van der Waals surface area contributed by atoms with E-state index in [0.717, 1.165) is 16.7 Å². The van der Waals surface area contributed by atoms with Gasteiger partial charge in [0.2, 0.25) is 0 Å². The van der Waals surface area contributed by atoms with E-state index in [-0.39, 0.29) is 0 Å². The zero-order valence-electron chi connectivity index (χ0n) is 14.1. The van der Waals surface area contributed by atoms with Crippen LogP contribution in [0.5, 0.6) is 0 Å². The summed E-state index contributed by atoms with van der Waals surface area (Å²) in [5.74, 6) is 0. The van der Waals surface area contributed by atoms with Crippen LogP contribution in [0, 0.1) is 11.3 Å². The highest BCUT2D eigenvalue weighted by atomic mass is 14.3. The van der Waals surface area contributed by atoms with Crippen molar-refractivity contribution < 1.29 is 0 Å². The first kappa shape index (κ1) is 14.7. The Balaban J connectivity index is 2.04. The number of nitriles is 1. The van der Waals surface area contributed by atoms with Gasteiger partial charge in [0, 0.05) is 5.56 Å². The van der Waals surface area contributed by atoms with E-state index in [2.05, 4.69) is 78.9 Å². The Hall–Kier alpha value is -3.63. The number of hydrogen-bond donors (Lipinski definition) is 0. The molecule has 0 heterocycles. The van der Waals surface area contributed by atoms with Gasteiger partial charge in [-0.2, -0.15) is 5.26 Å². The van der Waals surface area contributed by atoms with Gasteiger partial charge in [-0.15, -0.1) is 0 Å². The lowest BCUT2D eigenvalue weighted by molar-refractivity contribution is 1.46. The molecule has 0 N–H and O–H groups in total. The summed E-state index contributed by atoms with van der Waals surface area (Å²) in [6.45, 7) is 0. The van der Waals surface area contributed by atoms with E-state index < -0.39 is 0 Å². The molecule has 0 bridgehead atoms. The molecule has 1 aliphatic carbocycles. The molecule has 0 saturated carbocycles. The molecule has 5 rings (SSSR count). The first-order valence-corrected chi connectivity index (χ1v) is 8.70. The topological polar surface area (TPSA) is 23.8 Å². The SMILES string of the molecule is N#Cc1cccc2c1-c1ccccc1-c1ccccc1-c1ccccc1-2. The minimum absolute atomic E-state index is 0.712. The average molecular weight is 329 g/mol. The van der Waals surface area contributed by atoms with Crippen molar-refractivity contribution in [2.45, 2.75) is 0 Å². The van der Waals surface area contributed by atoms with Crippen LogP contribution in [0.15, 0.2) is 91.0 Å². The minimum atomic E-state index is 0.712. The van der Waals surface area contributed by atoms with E-state index >= 15 is 0 Å². The van der Waals surface area contributed by atoms with E-state index in [9.17, 15) is 5.26 Å². The van der Waals surface area contributed by atoms with E-state index in [0.29, 0.717) is 5.56 Å². The fourth-order valence-electron chi connectivity index (χ4n) is 4.00. The van der Waals surface area contributed by atoms with Crippen molar-refractivity contribution in [3.63, 3.8) is 0 Å². The molecule has 0 atom stereocenters. The van der Waals surface area contributed by atoms with Crippen LogP contribution in [-0.2, 0) is 0 Å². The largest absolute Gasteiger partial charge is 0.192 e. The van der Waals surface area contributed by atoms with Crippen LogP contribution < -0.4 is 0 Å². The maximum absolute atomic E-state index is 9.77. The van der Waals surface area contributed by atoms with Crippen LogP contribution in [0.4, 0.5) is 0 Å². The number of benzene rings is 4. The maximum Gasteiger partial charge on any atom is 0.0998 e. The predicted octanol–water partition coefficient (Wildman–Crippen LogP) is 6.54. The molecule has 1 aliphatic rings. The molecule has 0 aliphatic heterocycles. The van der Waals surface area contributed by atoms with Crippen LogP contribution in [0.2, 0.25) is 0 Å². The van der Waals surface area contributed by atoms with Crippen LogP contribution in [0.3, 0.4) is 0 Å². The highest BCUT2D eigenvalue weighted by Gasteiger charge is 2.22. The minimum Gasteiger partial charge on any atom is -0.192 e. The normalized spacial score (nSPS) is 11.0. The van der Waals surface area contributed by atoms with Crippen molar-refractivity contribution >= 4 is 0 Å². The highest BCUT2D eigenvalue weighted by molar-refractivity contribution is 6.04. The van der Waals surface area contributed by atoms with E-state index in [1.54, 1.807) is 0 Å². The lowest BCUT2D eigenvalue weighted by atomic mass is 9.79. The summed E-state index contributed by atoms with van der Waals surface area (Å²) in [5.41, 5.74) is 9.93. The Labute approximate surface area is 152 Å². The summed E-state index contributed by atoms with van der Waals surface area (Å²) < 4.78 is 0. The molecule has 0 saturated heterocycles. The monoisotopic (exact) mass is 329 g/mol. The molecule has 0 unspecified atom stereocenters. The van der Waals surface area contributed by atoms with Gasteiger partial charge < -0.3 is 0 Å². The second kappa shape index (κ2) is 5.72. The van der Waals surface area contributed by atoms with Crippen molar-refractivity contribution in [2.24, 2.45) is 0 Å². The summed E-state index contributed by atoms with van der Waals surface area (Å²) >= 11 is 0. The fourth-order valence-corrected chi connectivity index (χ4v) is 4.00. The van der Waals surface area contributed by atoms with Gasteiger partial charge in [-0.25, -0.2) is 0 Å². The van der Waals surface area contributed by atoms with Gasteiger partial charge in [0.25, 0.3) is 0 Å². The highest BCUT2D eigenvalue weighted by Crippen LogP contribution is 2.48. The molecule has 0 aromatic heterocycles. The molecular weight excluding hydrogens is 314 g/mol. The molecule has 0 radical (unpaired) electrons. The van der Waals surface area contributed by atoms with Crippen molar-refractivity contribution in [2.75, 3.05) is 0 Å². The molecule has 120 valence electrons. The fraction of sp³-hybridized carbons (Fsp3) is 0. The molecule has 1 heteroatoms. The van der Waals surface area contributed by atoms with Gasteiger partial charge in [-0.3, -0.25) is 0 Å². The number of rotatable bonds is 0. The van der Waals surface area contributed by atoms with Crippen molar-refractivity contribution in [3.8, 4) is 50.6 Å². The Kier molecular flexibility index (Phi) is 3.23. The van der Waals surface area contributed by atoms with Crippen molar-refractivity contribution in [1.82, 2.24) is 0 Å². The second-order valence-corrected chi connectivity index (χ2v) is 6.48. The van der Waals surface area contributed by atoms with Crippen LogP contribution in [-0.4, -0.2) is 0 Å². The Morgan fingerprint density at radius 3 is 1.31 bits per heavy atom. The number of hydrogen-bond acceptors (Lipinski definition) is 1. The molecule has 0 spiro atoms. The summed E-state index contributed by atoms with van der Waals surface area (Å²) in [4.78, 5) is 0. The molecule has 1 nitrogen and oxygen atoms in total. The second-order valence-electron chi connectivity index (χ2n) is 6.48. The third-order valence-corrected chi connectivity index (χ3v) is 5.11. The third kappa shape index (κ3) is 2.03. The molecule has 0 amide bonds. The van der Waals surface area contributed by atoms with Gasteiger partial charge in [0.15, 0.2) is 0 Å². The van der Waals surface area contributed by atoms with Gasteiger partial charge in [0.1, 0.15) is 0 Å². The Bertz CT molecular complexity index is 1190. The average Bonchev–Trinajstić information content (AvgIpc) is 2.72. The van der Waals surface area contributed by atoms with Crippen LogP contribution in [0.25, 0.3) is 44.5 Å². The number of nitrogens with zero attached hydrogens (tertiary/aromatic N) is 1. The molecule has 0 fully saturated rings. The van der Waals surface area contributed by atoms with Gasteiger partial charge in [0.05, 0.1) is 11.6 Å². The van der Waals surface area contributed by atoms with Crippen LogP contribution in [0.1, 0.15) is 5.56 Å². The van der Waals surface area contributed by atoms with Crippen molar-refractivity contribution in [3.05, 3.63) is 96.6 Å². The van der Waals surface area contributed by atoms with E-state index in [1.165, 1.54) is 27.8 Å². The standard InChI is InChI=1S/C25H15N/c26-16-17-8-7-15-24-22-12-4-3-11-20(22)18-9-1-2-10-19(18)21-13-5-6-14-23(21)25(17)24/h1-15H. The molecule has 26 heavy (non-hydrogen) atoms. The van der Waals surface area contributed by atoms with E-state index in [4.69, 9.17) is 0 Å². The lowest BCUT2D eigenvalue weighted by Gasteiger charge is -2.23. The van der Waals surface area contributed by atoms with Crippen LogP contribution >= 0.6 is 0 Å².